The molecular formula is C14H16N4. The maximum absolute atomic E-state index is 4.25. The highest BCUT2D eigenvalue weighted by atomic mass is 15.2. The minimum Gasteiger partial charge on any atom is -0.314 e. The van der Waals surface area contributed by atoms with Crippen LogP contribution in [0.4, 0.5) is 0 Å². The van der Waals surface area contributed by atoms with E-state index in [1.807, 2.05) is 28.8 Å². The molecule has 2 aromatic heterocycles. The van der Waals surface area contributed by atoms with Crippen LogP contribution in [0.3, 0.4) is 0 Å². The molecule has 92 valence electrons. The van der Waals surface area contributed by atoms with Gasteiger partial charge in [-0.1, -0.05) is 12.0 Å². The fourth-order valence-corrected chi connectivity index (χ4v) is 2.16. The highest BCUT2D eigenvalue weighted by molar-refractivity contribution is 5.44. The van der Waals surface area contributed by atoms with Crippen molar-refractivity contribution < 1.29 is 0 Å². The zero-order valence-corrected chi connectivity index (χ0v) is 10.3. The number of aromatic nitrogens is 2. The molecule has 4 heteroatoms. The normalized spacial score (nSPS) is 16.4. The lowest BCUT2D eigenvalue weighted by atomic mass is 10.3. The van der Waals surface area contributed by atoms with E-state index in [4.69, 9.17) is 0 Å². The largest absolute Gasteiger partial charge is 0.314 e. The number of hydrogen-bond donors (Lipinski definition) is 1. The first kappa shape index (κ1) is 11.3. The van der Waals surface area contributed by atoms with Crippen LogP contribution in [0, 0.1) is 11.8 Å². The second-order valence-corrected chi connectivity index (χ2v) is 4.39. The number of hydrogen-bond acceptors (Lipinski definition) is 3. The van der Waals surface area contributed by atoms with Crippen LogP contribution in [-0.4, -0.2) is 47.0 Å². The number of piperazine rings is 1. The van der Waals surface area contributed by atoms with Gasteiger partial charge in [-0.15, -0.1) is 0 Å². The number of imidazole rings is 1. The lowest BCUT2D eigenvalue weighted by Crippen LogP contribution is -2.43. The summed E-state index contributed by atoms with van der Waals surface area (Å²) in [6.07, 6.45) is 3.75. The van der Waals surface area contributed by atoms with Crippen molar-refractivity contribution in [2.24, 2.45) is 0 Å². The van der Waals surface area contributed by atoms with E-state index in [1.54, 1.807) is 6.20 Å². The molecule has 3 rings (SSSR count). The SMILES string of the molecule is C(#Cc1cccc2nccn12)CN1CCNCC1. The predicted octanol–water partition coefficient (Wildman–Crippen LogP) is 0.591. The van der Waals surface area contributed by atoms with Crippen molar-refractivity contribution in [2.45, 2.75) is 0 Å². The van der Waals surface area contributed by atoms with E-state index < -0.39 is 0 Å². The topological polar surface area (TPSA) is 32.6 Å². The van der Waals surface area contributed by atoms with E-state index in [-0.39, 0.29) is 0 Å². The summed E-state index contributed by atoms with van der Waals surface area (Å²) in [5.74, 6) is 6.48. The van der Waals surface area contributed by atoms with Crippen LogP contribution in [0.15, 0.2) is 30.6 Å². The Morgan fingerprint density at radius 3 is 3.06 bits per heavy atom. The Bertz CT molecular complexity index is 584. The van der Waals surface area contributed by atoms with Crippen LogP contribution in [0.2, 0.25) is 0 Å². The molecule has 1 aliphatic rings. The van der Waals surface area contributed by atoms with E-state index >= 15 is 0 Å². The molecule has 0 bridgehead atoms. The molecule has 0 radical (unpaired) electrons. The molecule has 1 saturated heterocycles. The Kier molecular flexibility index (Phi) is 3.26. The van der Waals surface area contributed by atoms with Gasteiger partial charge in [0, 0.05) is 38.6 Å². The second-order valence-electron chi connectivity index (χ2n) is 4.39. The third kappa shape index (κ3) is 2.37. The van der Waals surface area contributed by atoms with Crippen LogP contribution < -0.4 is 5.32 Å². The van der Waals surface area contributed by atoms with E-state index in [9.17, 15) is 0 Å². The molecule has 3 heterocycles. The van der Waals surface area contributed by atoms with Gasteiger partial charge in [0.1, 0.15) is 5.65 Å². The third-order valence-corrected chi connectivity index (χ3v) is 3.16. The predicted molar refractivity (Wildman–Crippen MR) is 71.4 cm³/mol. The second kappa shape index (κ2) is 5.21. The van der Waals surface area contributed by atoms with Gasteiger partial charge in [0.25, 0.3) is 0 Å². The van der Waals surface area contributed by atoms with Gasteiger partial charge in [-0.3, -0.25) is 9.30 Å². The molecule has 2 aromatic rings. The number of pyridine rings is 1. The molecule has 0 aliphatic carbocycles. The molecule has 4 nitrogen and oxygen atoms in total. The van der Waals surface area contributed by atoms with E-state index in [0.29, 0.717) is 0 Å². The fraction of sp³-hybridized carbons (Fsp3) is 0.357. The van der Waals surface area contributed by atoms with Gasteiger partial charge >= 0.3 is 0 Å². The minimum absolute atomic E-state index is 0.840. The van der Waals surface area contributed by atoms with Gasteiger partial charge in [-0.25, -0.2) is 4.98 Å². The first-order valence-electron chi connectivity index (χ1n) is 6.27. The molecule has 18 heavy (non-hydrogen) atoms. The van der Waals surface area contributed by atoms with Crippen LogP contribution in [0.5, 0.6) is 0 Å². The smallest absolute Gasteiger partial charge is 0.137 e. The fourth-order valence-electron chi connectivity index (χ4n) is 2.16. The number of nitrogens with zero attached hydrogens (tertiary/aromatic N) is 3. The highest BCUT2D eigenvalue weighted by Gasteiger charge is 2.06. The first-order valence-corrected chi connectivity index (χ1v) is 6.27. The van der Waals surface area contributed by atoms with Crippen LogP contribution in [-0.2, 0) is 0 Å². The summed E-state index contributed by atoms with van der Waals surface area (Å²) in [4.78, 5) is 6.63. The van der Waals surface area contributed by atoms with Crippen molar-refractivity contribution in [1.29, 1.82) is 0 Å². The number of fused-ring (bicyclic) bond motifs is 1. The van der Waals surface area contributed by atoms with Gasteiger partial charge in [0.15, 0.2) is 0 Å². The van der Waals surface area contributed by atoms with Gasteiger partial charge in [0.2, 0.25) is 0 Å². The zero-order valence-electron chi connectivity index (χ0n) is 10.3. The average Bonchev–Trinajstić information content (AvgIpc) is 2.89. The summed E-state index contributed by atoms with van der Waals surface area (Å²) in [6.45, 7) is 5.15. The van der Waals surface area contributed by atoms with Crippen LogP contribution in [0.25, 0.3) is 5.65 Å². The Hall–Kier alpha value is -1.83. The van der Waals surface area contributed by atoms with E-state index in [0.717, 1.165) is 44.1 Å². The molecule has 0 atom stereocenters. The summed E-state index contributed by atoms with van der Waals surface area (Å²) in [5, 5.41) is 3.34. The standard InChI is InChI=1S/C14H16N4/c1-3-13(18-12-8-16-14(18)5-1)4-2-9-17-10-6-15-7-11-17/h1,3,5,8,12,15H,6-7,9-11H2. The summed E-state index contributed by atoms with van der Waals surface area (Å²) >= 11 is 0. The molecule has 0 aromatic carbocycles. The molecule has 0 saturated carbocycles. The van der Waals surface area contributed by atoms with Gasteiger partial charge in [-0.2, -0.15) is 0 Å². The maximum atomic E-state index is 4.25. The summed E-state index contributed by atoms with van der Waals surface area (Å²) < 4.78 is 2.02. The summed E-state index contributed by atoms with van der Waals surface area (Å²) in [6, 6.07) is 6.01. The van der Waals surface area contributed by atoms with E-state index in [1.165, 1.54) is 0 Å². The van der Waals surface area contributed by atoms with Gasteiger partial charge in [0.05, 0.1) is 12.2 Å². The number of rotatable bonds is 1. The van der Waals surface area contributed by atoms with Crippen molar-refractivity contribution in [3.63, 3.8) is 0 Å². The van der Waals surface area contributed by atoms with Crippen molar-refractivity contribution in [3.05, 3.63) is 36.3 Å². The van der Waals surface area contributed by atoms with E-state index in [2.05, 4.69) is 27.0 Å². The quantitative estimate of drug-likeness (QED) is 0.741. The van der Waals surface area contributed by atoms with Crippen LogP contribution >= 0.6 is 0 Å². The number of nitrogens with one attached hydrogen (secondary N) is 1. The van der Waals surface area contributed by atoms with Gasteiger partial charge < -0.3 is 5.32 Å². The van der Waals surface area contributed by atoms with Crippen molar-refractivity contribution in [1.82, 2.24) is 19.6 Å². The molecule has 1 aliphatic heterocycles. The first-order chi connectivity index (χ1) is 8.93. The molecule has 0 amide bonds. The van der Waals surface area contributed by atoms with Crippen molar-refractivity contribution in [2.75, 3.05) is 32.7 Å². The molecule has 0 unspecified atom stereocenters. The van der Waals surface area contributed by atoms with Crippen molar-refractivity contribution in [3.8, 4) is 11.8 Å². The van der Waals surface area contributed by atoms with Gasteiger partial charge in [-0.05, 0) is 18.1 Å². The minimum atomic E-state index is 0.840. The zero-order chi connectivity index (χ0) is 12.2. The Morgan fingerprint density at radius 1 is 1.28 bits per heavy atom. The Labute approximate surface area is 107 Å². The Morgan fingerprint density at radius 2 is 2.17 bits per heavy atom. The lowest BCUT2D eigenvalue weighted by Gasteiger charge is -2.24. The summed E-state index contributed by atoms with van der Waals surface area (Å²) in [7, 11) is 0. The van der Waals surface area contributed by atoms with Crippen LogP contribution in [0.1, 0.15) is 5.69 Å². The molecule has 0 spiro atoms. The lowest BCUT2D eigenvalue weighted by molar-refractivity contribution is 0.268. The highest BCUT2D eigenvalue weighted by Crippen LogP contribution is 2.04. The third-order valence-electron chi connectivity index (χ3n) is 3.16. The monoisotopic (exact) mass is 240 g/mol. The molecule has 1 fully saturated rings. The summed E-state index contributed by atoms with van der Waals surface area (Å²) in [5.41, 5.74) is 1.95. The Balaban J connectivity index is 1.74. The maximum Gasteiger partial charge on any atom is 0.137 e. The molecule has 1 N–H and O–H groups in total. The average molecular weight is 240 g/mol. The van der Waals surface area contributed by atoms with Crippen molar-refractivity contribution >= 4 is 5.65 Å². The molecular weight excluding hydrogens is 224 g/mol.